The van der Waals surface area contributed by atoms with Crippen LogP contribution >= 0.6 is 0 Å². The number of nitrogens with one attached hydrogen (secondary N) is 1. The topological polar surface area (TPSA) is 175 Å². The van der Waals surface area contributed by atoms with E-state index in [9.17, 15) is 19.5 Å². The molecule has 0 radical (unpaired) electrons. The van der Waals surface area contributed by atoms with Crippen molar-refractivity contribution in [2.45, 2.75) is 70.1 Å². The van der Waals surface area contributed by atoms with Crippen LogP contribution in [0.5, 0.6) is 5.75 Å². The summed E-state index contributed by atoms with van der Waals surface area (Å²) in [7, 11) is 0. The predicted octanol–water partition coefficient (Wildman–Crippen LogP) is 6.33. The van der Waals surface area contributed by atoms with Gasteiger partial charge in [-0.2, -0.15) is 0 Å². The number of amides is 4. The highest BCUT2D eigenvalue weighted by molar-refractivity contribution is 6.06. The molecule has 15 nitrogen and oxygen atoms in total. The van der Waals surface area contributed by atoms with E-state index in [-0.39, 0.29) is 67.4 Å². The van der Waals surface area contributed by atoms with Crippen molar-refractivity contribution in [1.82, 2.24) is 34.9 Å². The van der Waals surface area contributed by atoms with Crippen molar-refractivity contribution in [3.05, 3.63) is 89.7 Å². The first-order valence-corrected chi connectivity index (χ1v) is 21.7. The number of nitrogens with zero attached hydrogens (tertiary/aromatic N) is 8. The SMILES string of the molecule is CC[C@H]1CN(c2cc(-c3ccccc3O)nnc2N)C[C@@H](c2ccc(C(=O)N3CCC(CN4CC[C@@H](n5cc(C)c6cc(N7CCC(=O)NC7=O)cnc65)C(F)(F)C4)CC3)cc2)O1. The van der Waals surface area contributed by atoms with E-state index in [1.165, 1.54) is 11.1 Å². The molecule has 9 rings (SSSR count). The van der Waals surface area contributed by atoms with Gasteiger partial charge in [0.25, 0.3) is 11.8 Å². The number of nitrogen functional groups attached to an aromatic ring is 1. The lowest BCUT2D eigenvalue weighted by Crippen LogP contribution is -2.51. The van der Waals surface area contributed by atoms with Gasteiger partial charge in [0.2, 0.25) is 5.91 Å². The number of carbonyl (C=O) groups excluding carboxylic acids is 3. The number of fused-ring (bicyclic) bond motifs is 1. The van der Waals surface area contributed by atoms with Crippen LogP contribution in [0.15, 0.2) is 73.1 Å². The Morgan fingerprint density at radius 3 is 2.51 bits per heavy atom. The number of carbonyl (C=O) groups is 3. The van der Waals surface area contributed by atoms with Crippen molar-refractivity contribution in [3.63, 3.8) is 0 Å². The monoisotopic (exact) mass is 862 g/mol. The van der Waals surface area contributed by atoms with Gasteiger partial charge in [0.05, 0.1) is 35.9 Å². The van der Waals surface area contributed by atoms with E-state index in [4.69, 9.17) is 10.5 Å². The van der Waals surface area contributed by atoms with Crippen molar-refractivity contribution >= 4 is 46.1 Å². The molecule has 4 aliphatic rings. The quantitative estimate of drug-likeness (QED) is 0.151. The zero-order valence-electron chi connectivity index (χ0n) is 35.4. The smallest absolute Gasteiger partial charge is 0.328 e. The third kappa shape index (κ3) is 8.51. The standard InChI is InChI=1S/C46H52F2N10O5/c1-3-33-25-56(37-21-36(52-53-42(37)49)34-6-4-5-7-38(34)59)26-39(63-33)30-8-10-31(11-9-30)44(61)55-17-12-29(13-18-55)24-54-16-14-40(46(47,48)27-54)58-23-28(2)35-20-32(22-50-43(35)58)57-19-15-41(60)51-45(57)62/h4-11,20-23,29,33,39-40,59H,3,12-19,24-27H2,1-2H3,(H2,49,53)(H,51,60,62)/t33-,39-,40+/m0/s1. The number of anilines is 3. The number of urea groups is 1. The highest BCUT2D eigenvalue weighted by Gasteiger charge is 2.47. The van der Waals surface area contributed by atoms with Crippen LogP contribution in [0.25, 0.3) is 22.3 Å². The fraction of sp³-hybridized carbons (Fsp3) is 0.435. The van der Waals surface area contributed by atoms with E-state index < -0.39 is 18.0 Å². The predicted molar refractivity (Wildman–Crippen MR) is 234 cm³/mol. The third-order valence-electron chi connectivity index (χ3n) is 13.1. The number of aromatic nitrogens is 4. The molecule has 7 heterocycles. The Bertz CT molecular complexity index is 2530. The molecule has 3 aromatic heterocycles. The number of imide groups is 1. The number of rotatable bonds is 9. The zero-order chi connectivity index (χ0) is 44.0. The number of halogens is 2. The van der Waals surface area contributed by atoms with E-state index in [1.54, 1.807) is 35.0 Å². The number of alkyl halides is 2. The second-order valence-electron chi connectivity index (χ2n) is 17.3. The summed E-state index contributed by atoms with van der Waals surface area (Å²) in [6.45, 7) is 7.06. The molecule has 330 valence electrons. The molecule has 0 saturated carbocycles. The lowest BCUT2D eigenvalue weighted by Gasteiger charge is -2.41. The molecule has 0 unspecified atom stereocenters. The van der Waals surface area contributed by atoms with Crippen LogP contribution in [0.1, 0.15) is 72.7 Å². The van der Waals surface area contributed by atoms with Crippen molar-refractivity contribution in [2.75, 3.05) is 67.9 Å². The van der Waals surface area contributed by atoms with Crippen LogP contribution in [-0.4, -0.2) is 117 Å². The van der Waals surface area contributed by atoms with Crippen LogP contribution in [0.4, 0.5) is 30.8 Å². The maximum absolute atomic E-state index is 16.0. The summed E-state index contributed by atoms with van der Waals surface area (Å²) in [5.41, 5.74) is 11.4. The number of pyridine rings is 1. The number of ether oxygens (including phenoxy) is 1. The summed E-state index contributed by atoms with van der Waals surface area (Å²) in [5, 5.41) is 21.9. The van der Waals surface area contributed by atoms with Gasteiger partial charge in [0.1, 0.15) is 23.5 Å². The molecule has 0 bridgehead atoms. The normalized spacial score (nSPS) is 22.4. The van der Waals surface area contributed by atoms with Gasteiger partial charge in [0.15, 0.2) is 5.82 Å². The number of morpholine rings is 1. The van der Waals surface area contributed by atoms with E-state index in [0.29, 0.717) is 78.5 Å². The molecule has 5 aromatic rings. The lowest BCUT2D eigenvalue weighted by molar-refractivity contribution is -0.120. The molecule has 4 N–H and O–H groups in total. The minimum absolute atomic E-state index is 0.0541. The molecule has 3 atom stereocenters. The number of benzene rings is 2. The highest BCUT2D eigenvalue weighted by atomic mass is 19.3. The summed E-state index contributed by atoms with van der Waals surface area (Å²) >= 11 is 0. The van der Waals surface area contributed by atoms with Gasteiger partial charge >= 0.3 is 6.03 Å². The van der Waals surface area contributed by atoms with Crippen LogP contribution in [0.3, 0.4) is 0 Å². The number of aryl methyl sites for hydroxylation is 1. The van der Waals surface area contributed by atoms with Crippen LogP contribution < -0.4 is 20.9 Å². The van der Waals surface area contributed by atoms with Gasteiger partial charge in [-0.3, -0.25) is 24.7 Å². The van der Waals surface area contributed by atoms with Gasteiger partial charge in [0, 0.05) is 74.9 Å². The lowest BCUT2D eigenvalue weighted by atomic mass is 9.93. The first kappa shape index (κ1) is 42.1. The Hall–Kier alpha value is -6.20. The molecule has 2 aromatic carbocycles. The zero-order valence-corrected chi connectivity index (χ0v) is 35.4. The van der Waals surface area contributed by atoms with E-state index in [0.717, 1.165) is 30.4 Å². The van der Waals surface area contributed by atoms with E-state index >= 15 is 8.78 Å². The Labute approximate surface area is 363 Å². The minimum Gasteiger partial charge on any atom is -0.507 e. The average molecular weight is 863 g/mol. The van der Waals surface area contributed by atoms with Gasteiger partial charge in [-0.1, -0.05) is 31.2 Å². The van der Waals surface area contributed by atoms with Crippen molar-refractivity contribution in [1.29, 1.82) is 0 Å². The highest BCUT2D eigenvalue weighted by Crippen LogP contribution is 2.41. The van der Waals surface area contributed by atoms with E-state index in [1.807, 2.05) is 53.1 Å². The molecule has 63 heavy (non-hydrogen) atoms. The fourth-order valence-corrected chi connectivity index (χ4v) is 9.59. The van der Waals surface area contributed by atoms with Crippen molar-refractivity contribution in [2.24, 2.45) is 5.92 Å². The van der Waals surface area contributed by atoms with Gasteiger partial charge in [-0.15, -0.1) is 10.2 Å². The molecule has 0 spiro atoms. The molecular weight excluding hydrogens is 811 g/mol. The Morgan fingerprint density at radius 2 is 1.78 bits per heavy atom. The largest absolute Gasteiger partial charge is 0.507 e. The summed E-state index contributed by atoms with van der Waals surface area (Å²) in [4.78, 5) is 49.6. The number of para-hydroxylation sites is 1. The average Bonchev–Trinajstić information content (AvgIpc) is 3.60. The number of piperidine rings is 2. The van der Waals surface area contributed by atoms with Crippen LogP contribution in [0, 0.1) is 12.8 Å². The molecular formula is C46H52F2N10O5. The van der Waals surface area contributed by atoms with Crippen molar-refractivity contribution in [3.8, 4) is 17.0 Å². The number of hydrogen-bond donors (Lipinski definition) is 3. The number of phenols is 1. The number of phenolic OH excluding ortho intramolecular Hbond substituents is 1. The Kier molecular flexibility index (Phi) is 11.5. The molecule has 4 fully saturated rings. The van der Waals surface area contributed by atoms with Crippen LogP contribution in [0.2, 0.25) is 0 Å². The Morgan fingerprint density at radius 1 is 1.00 bits per heavy atom. The third-order valence-corrected chi connectivity index (χ3v) is 13.1. The maximum atomic E-state index is 16.0. The second-order valence-corrected chi connectivity index (χ2v) is 17.3. The first-order chi connectivity index (χ1) is 30.3. The molecule has 4 saturated heterocycles. The second kappa shape index (κ2) is 17.2. The van der Waals surface area contributed by atoms with Crippen LogP contribution in [-0.2, 0) is 9.53 Å². The number of nitrogens with two attached hydrogens (primary N) is 1. The summed E-state index contributed by atoms with van der Waals surface area (Å²) in [5.74, 6) is -2.81. The molecule has 4 aliphatic heterocycles. The summed E-state index contributed by atoms with van der Waals surface area (Å²) < 4.78 is 40.1. The van der Waals surface area contributed by atoms with Gasteiger partial charge in [-0.25, -0.2) is 18.6 Å². The summed E-state index contributed by atoms with van der Waals surface area (Å²) in [6.07, 6.45) is 5.54. The Balaban J connectivity index is 0.790. The molecule has 4 amide bonds. The molecule has 17 heteroatoms. The van der Waals surface area contributed by atoms with Crippen molar-refractivity contribution < 1.29 is 33.0 Å². The summed E-state index contributed by atoms with van der Waals surface area (Å²) in [6, 6.07) is 16.6. The number of aromatic hydroxyl groups is 1. The molecule has 0 aliphatic carbocycles. The minimum atomic E-state index is -3.01. The number of hydrogen-bond acceptors (Lipinski definition) is 11. The maximum Gasteiger partial charge on any atom is 0.328 e. The van der Waals surface area contributed by atoms with Gasteiger partial charge < -0.3 is 29.9 Å². The van der Waals surface area contributed by atoms with E-state index in [2.05, 4.69) is 32.3 Å². The fourth-order valence-electron chi connectivity index (χ4n) is 9.59. The first-order valence-electron chi connectivity index (χ1n) is 21.7. The number of likely N-dealkylation sites (tertiary alicyclic amines) is 2. The van der Waals surface area contributed by atoms with Gasteiger partial charge in [-0.05, 0) is 86.1 Å².